The van der Waals surface area contributed by atoms with Crippen LogP contribution < -0.4 is 0 Å². The molecule has 5 heteroatoms. The van der Waals surface area contributed by atoms with E-state index in [1.54, 1.807) is 0 Å². The van der Waals surface area contributed by atoms with Crippen LogP contribution in [0.5, 0.6) is 0 Å². The van der Waals surface area contributed by atoms with Gasteiger partial charge < -0.3 is 10.0 Å². The van der Waals surface area contributed by atoms with Gasteiger partial charge >= 0.3 is 0 Å². The van der Waals surface area contributed by atoms with Crippen molar-refractivity contribution >= 4 is 17.5 Å². The van der Waals surface area contributed by atoms with Crippen LogP contribution in [0.4, 0.5) is 0 Å². The number of carbonyl (C=O) groups is 1. The highest BCUT2D eigenvalue weighted by atomic mass is 35.5. The molecule has 3 aliphatic rings. The lowest BCUT2D eigenvalue weighted by molar-refractivity contribution is -0.134. The number of halogens is 1. The quantitative estimate of drug-likeness (QED) is 0.923. The molecule has 0 radical (unpaired) electrons. The van der Waals surface area contributed by atoms with E-state index in [1.807, 2.05) is 24.3 Å². The number of likely N-dealkylation sites (tertiary alicyclic amines) is 2. The number of hydrogen-bond acceptors (Lipinski definition) is 3. The summed E-state index contributed by atoms with van der Waals surface area (Å²) in [5.74, 6) is 0.310. The first-order chi connectivity index (χ1) is 11.1. The van der Waals surface area contributed by atoms with Crippen molar-refractivity contribution in [2.24, 2.45) is 0 Å². The van der Waals surface area contributed by atoms with Gasteiger partial charge in [0, 0.05) is 30.7 Å². The molecule has 3 fully saturated rings. The maximum atomic E-state index is 12.6. The SMILES string of the molecule is O=C1C(N2CCC(O)(c3ccc(Cl)cc3)CC2)CCN1C1CC1. The molecule has 0 bridgehead atoms. The number of benzene rings is 1. The molecular formula is C18H23ClN2O2. The average Bonchev–Trinajstić information content (AvgIpc) is 3.32. The summed E-state index contributed by atoms with van der Waals surface area (Å²) in [5.41, 5.74) is 0.137. The predicted octanol–water partition coefficient (Wildman–Crippen LogP) is 2.39. The average molecular weight is 335 g/mol. The van der Waals surface area contributed by atoms with E-state index in [4.69, 9.17) is 11.6 Å². The lowest BCUT2D eigenvalue weighted by Gasteiger charge is -2.40. The van der Waals surface area contributed by atoms with Gasteiger partial charge in [-0.15, -0.1) is 0 Å². The highest BCUT2D eigenvalue weighted by Gasteiger charge is 2.44. The van der Waals surface area contributed by atoms with Gasteiger partial charge in [0.15, 0.2) is 0 Å². The molecule has 124 valence electrons. The van der Waals surface area contributed by atoms with Crippen LogP contribution in [0.15, 0.2) is 24.3 Å². The van der Waals surface area contributed by atoms with Crippen LogP contribution >= 0.6 is 11.6 Å². The van der Waals surface area contributed by atoms with E-state index < -0.39 is 5.60 Å². The number of carbonyl (C=O) groups excluding carboxylic acids is 1. The van der Waals surface area contributed by atoms with E-state index in [-0.39, 0.29) is 6.04 Å². The number of aliphatic hydroxyl groups is 1. The van der Waals surface area contributed by atoms with Crippen LogP contribution in [0.25, 0.3) is 0 Å². The molecule has 2 aliphatic heterocycles. The summed E-state index contributed by atoms with van der Waals surface area (Å²) in [6, 6.07) is 8.03. The van der Waals surface area contributed by atoms with Crippen molar-refractivity contribution in [2.45, 2.75) is 49.8 Å². The fourth-order valence-electron chi connectivity index (χ4n) is 4.03. The van der Waals surface area contributed by atoms with Crippen LogP contribution in [0.1, 0.15) is 37.7 Å². The monoisotopic (exact) mass is 334 g/mol. The minimum Gasteiger partial charge on any atom is -0.385 e. The van der Waals surface area contributed by atoms with Gasteiger partial charge in [-0.2, -0.15) is 0 Å². The summed E-state index contributed by atoms with van der Waals surface area (Å²) in [6.07, 6.45) is 4.63. The Kier molecular flexibility index (Phi) is 3.87. The first kappa shape index (κ1) is 15.4. The first-order valence-electron chi connectivity index (χ1n) is 8.60. The van der Waals surface area contributed by atoms with Gasteiger partial charge in [0.05, 0.1) is 11.6 Å². The fraction of sp³-hybridized carbons (Fsp3) is 0.611. The minimum atomic E-state index is -0.793. The standard InChI is InChI=1S/C18H23ClN2O2/c19-14-3-1-13(2-4-14)18(23)8-11-20(12-9-18)16-7-10-21(17(16)22)15-5-6-15/h1-4,15-16,23H,5-12H2. The number of amides is 1. The molecular weight excluding hydrogens is 312 g/mol. The molecule has 0 spiro atoms. The zero-order chi connectivity index (χ0) is 16.0. The summed E-state index contributed by atoms with van der Waals surface area (Å²) in [6.45, 7) is 2.45. The van der Waals surface area contributed by atoms with Crippen LogP contribution in [-0.2, 0) is 10.4 Å². The van der Waals surface area contributed by atoms with E-state index in [0.717, 1.165) is 31.6 Å². The zero-order valence-corrected chi connectivity index (χ0v) is 14.0. The molecule has 1 N–H and O–H groups in total. The van der Waals surface area contributed by atoms with Crippen molar-refractivity contribution in [3.8, 4) is 0 Å². The molecule has 0 aromatic heterocycles. The molecule has 23 heavy (non-hydrogen) atoms. The Labute approximate surface area is 142 Å². The second kappa shape index (κ2) is 5.76. The van der Waals surface area contributed by atoms with Crippen molar-refractivity contribution in [3.63, 3.8) is 0 Å². The van der Waals surface area contributed by atoms with Crippen molar-refractivity contribution in [1.29, 1.82) is 0 Å². The van der Waals surface area contributed by atoms with Gasteiger partial charge in [-0.25, -0.2) is 0 Å². The smallest absolute Gasteiger partial charge is 0.240 e. The van der Waals surface area contributed by atoms with E-state index in [1.165, 1.54) is 12.8 Å². The Bertz CT molecular complexity index is 592. The summed E-state index contributed by atoms with van der Waals surface area (Å²) < 4.78 is 0. The predicted molar refractivity (Wildman–Crippen MR) is 89.3 cm³/mol. The largest absolute Gasteiger partial charge is 0.385 e. The lowest BCUT2D eigenvalue weighted by atomic mass is 9.84. The summed E-state index contributed by atoms with van der Waals surface area (Å²) >= 11 is 5.93. The molecule has 1 aromatic rings. The second-order valence-electron chi connectivity index (χ2n) is 7.14. The van der Waals surface area contributed by atoms with Gasteiger partial charge in [0.1, 0.15) is 0 Å². The normalized spacial score (nSPS) is 28.3. The Hall–Kier alpha value is -1.10. The third-order valence-corrected chi connectivity index (χ3v) is 5.90. The highest BCUT2D eigenvalue weighted by Crippen LogP contribution is 2.37. The first-order valence-corrected chi connectivity index (χ1v) is 8.98. The van der Waals surface area contributed by atoms with Gasteiger partial charge in [0.25, 0.3) is 0 Å². The number of nitrogens with zero attached hydrogens (tertiary/aromatic N) is 2. The van der Waals surface area contributed by atoms with E-state index >= 15 is 0 Å². The second-order valence-corrected chi connectivity index (χ2v) is 7.58. The molecule has 2 heterocycles. The number of piperidine rings is 1. The molecule has 1 atom stereocenters. The van der Waals surface area contributed by atoms with Crippen molar-refractivity contribution < 1.29 is 9.90 Å². The maximum Gasteiger partial charge on any atom is 0.240 e. The fourth-order valence-corrected chi connectivity index (χ4v) is 4.15. The Morgan fingerprint density at radius 3 is 2.30 bits per heavy atom. The lowest BCUT2D eigenvalue weighted by Crippen LogP contribution is -2.49. The van der Waals surface area contributed by atoms with E-state index in [9.17, 15) is 9.90 Å². The van der Waals surface area contributed by atoms with Crippen LogP contribution in [-0.4, -0.2) is 52.5 Å². The minimum absolute atomic E-state index is 0.0327. The van der Waals surface area contributed by atoms with Gasteiger partial charge in [0.2, 0.25) is 5.91 Å². The number of rotatable bonds is 3. The highest BCUT2D eigenvalue weighted by molar-refractivity contribution is 6.30. The molecule has 1 aliphatic carbocycles. The Morgan fingerprint density at radius 2 is 1.70 bits per heavy atom. The molecule has 2 saturated heterocycles. The van der Waals surface area contributed by atoms with E-state index in [2.05, 4.69) is 9.80 Å². The van der Waals surface area contributed by atoms with Crippen molar-refractivity contribution in [1.82, 2.24) is 9.80 Å². The number of hydrogen-bond donors (Lipinski definition) is 1. The van der Waals surface area contributed by atoms with Gasteiger partial charge in [-0.3, -0.25) is 9.69 Å². The Morgan fingerprint density at radius 1 is 1.04 bits per heavy atom. The Balaban J connectivity index is 1.40. The summed E-state index contributed by atoms with van der Waals surface area (Å²) in [7, 11) is 0. The zero-order valence-electron chi connectivity index (χ0n) is 13.2. The third kappa shape index (κ3) is 2.88. The summed E-state index contributed by atoms with van der Waals surface area (Å²) in [4.78, 5) is 16.9. The molecule has 1 saturated carbocycles. The van der Waals surface area contributed by atoms with Crippen LogP contribution in [0.2, 0.25) is 5.02 Å². The molecule has 1 amide bonds. The van der Waals surface area contributed by atoms with Crippen LogP contribution in [0, 0.1) is 0 Å². The molecule has 4 rings (SSSR count). The van der Waals surface area contributed by atoms with Gasteiger partial charge in [-0.1, -0.05) is 23.7 Å². The van der Waals surface area contributed by atoms with E-state index in [0.29, 0.717) is 29.8 Å². The van der Waals surface area contributed by atoms with Crippen LogP contribution in [0.3, 0.4) is 0 Å². The molecule has 1 unspecified atom stereocenters. The summed E-state index contributed by atoms with van der Waals surface area (Å²) in [5, 5.41) is 11.6. The van der Waals surface area contributed by atoms with Gasteiger partial charge in [-0.05, 0) is 49.8 Å². The van der Waals surface area contributed by atoms with Crippen molar-refractivity contribution in [3.05, 3.63) is 34.9 Å². The maximum absolute atomic E-state index is 12.6. The third-order valence-electron chi connectivity index (χ3n) is 5.65. The molecule has 1 aromatic carbocycles. The topological polar surface area (TPSA) is 43.8 Å². The molecule has 4 nitrogen and oxygen atoms in total. The van der Waals surface area contributed by atoms with Crippen molar-refractivity contribution in [2.75, 3.05) is 19.6 Å².